The molecule has 2 aliphatic rings. The van der Waals surface area contributed by atoms with Crippen molar-refractivity contribution in [3.63, 3.8) is 0 Å². The molecule has 200 valence electrons. The second-order valence-electron chi connectivity index (χ2n) is 9.42. The zero-order valence-electron chi connectivity index (χ0n) is 21.0. The van der Waals surface area contributed by atoms with Gasteiger partial charge in [-0.05, 0) is 38.0 Å². The molecule has 0 aliphatic carbocycles. The van der Waals surface area contributed by atoms with E-state index in [2.05, 4.69) is 10.3 Å². The number of ether oxygens (including phenoxy) is 1. The van der Waals surface area contributed by atoms with Gasteiger partial charge >= 0.3 is 6.09 Å². The Morgan fingerprint density at radius 3 is 2.74 bits per heavy atom. The largest absolute Gasteiger partial charge is 0.425 e. The van der Waals surface area contributed by atoms with E-state index in [1.165, 1.54) is 29.4 Å². The molecular formula is C26H28N4O7S. The van der Waals surface area contributed by atoms with Crippen LogP contribution in [-0.2, 0) is 19.6 Å². The molecule has 38 heavy (non-hydrogen) atoms. The molecule has 3 unspecified atom stereocenters. The van der Waals surface area contributed by atoms with Crippen LogP contribution in [0.2, 0.25) is 0 Å². The number of para-hydroxylation sites is 1. The molecule has 3 atom stereocenters. The average molecular weight is 541 g/mol. The number of benzene rings is 1. The number of nitrogens with one attached hydrogen (secondary N) is 1. The van der Waals surface area contributed by atoms with Crippen molar-refractivity contribution in [2.45, 2.75) is 56.1 Å². The summed E-state index contributed by atoms with van der Waals surface area (Å²) < 4.78 is 38.6. The van der Waals surface area contributed by atoms with Crippen LogP contribution in [0.3, 0.4) is 0 Å². The summed E-state index contributed by atoms with van der Waals surface area (Å²) in [5.74, 6) is -0.773. The summed E-state index contributed by atoms with van der Waals surface area (Å²) in [5, 5.41) is 3.42. The summed E-state index contributed by atoms with van der Waals surface area (Å²) in [4.78, 5) is 44.5. The monoisotopic (exact) mass is 540 g/mol. The summed E-state index contributed by atoms with van der Waals surface area (Å²) in [6.45, 7) is 3.51. The molecule has 0 saturated carbocycles. The van der Waals surface area contributed by atoms with Gasteiger partial charge in [-0.3, -0.25) is 14.6 Å². The summed E-state index contributed by atoms with van der Waals surface area (Å²) in [7, 11) is -3.96. The number of aromatic nitrogens is 1. The highest BCUT2D eigenvalue weighted by molar-refractivity contribution is 7.89. The van der Waals surface area contributed by atoms with Gasteiger partial charge in [0.25, 0.3) is 5.95 Å². The number of amides is 2. The highest BCUT2D eigenvalue weighted by Crippen LogP contribution is 2.34. The van der Waals surface area contributed by atoms with Crippen LogP contribution in [0.25, 0.3) is 11.0 Å². The van der Waals surface area contributed by atoms with Crippen molar-refractivity contribution in [3.05, 3.63) is 54.4 Å². The van der Waals surface area contributed by atoms with E-state index in [0.717, 1.165) is 9.69 Å². The Hall–Kier alpha value is -3.77. The number of Topliss-reactive ketones (excluding diaryl/α,β-unsaturated/α-hetero) is 1. The number of sulfonamides is 1. The number of hydrogen-bond donors (Lipinski definition) is 1. The predicted octanol–water partition coefficient (Wildman–Crippen LogP) is 2.64. The molecule has 0 spiro atoms. The molecule has 0 radical (unpaired) electrons. The number of carbonyl (C=O) groups excluding carboxylic acids is 3. The zero-order valence-corrected chi connectivity index (χ0v) is 21.8. The lowest BCUT2D eigenvalue weighted by molar-refractivity contribution is -0.138. The van der Waals surface area contributed by atoms with E-state index in [1.54, 1.807) is 13.0 Å². The zero-order chi connectivity index (χ0) is 27.0. The van der Waals surface area contributed by atoms with Crippen LogP contribution in [-0.4, -0.2) is 71.6 Å². The van der Waals surface area contributed by atoms with Gasteiger partial charge in [0.1, 0.15) is 22.6 Å². The fourth-order valence-corrected chi connectivity index (χ4v) is 6.82. The molecule has 0 bridgehead atoms. The number of carbonyl (C=O) groups is 3. The Morgan fingerprint density at radius 1 is 1.24 bits per heavy atom. The highest BCUT2D eigenvalue weighted by atomic mass is 32.2. The maximum Gasteiger partial charge on any atom is 0.415 e. The molecule has 4 heterocycles. The Labute approximate surface area is 219 Å². The SMILES string of the molecule is CCCC(NC(=O)Oc1oc2ccccc2c1C)C(=O)N1CCC2C1C(=O)CN2S(=O)(=O)c1cccnc1. The van der Waals surface area contributed by atoms with Crippen LogP contribution in [0.1, 0.15) is 31.7 Å². The quantitative estimate of drug-likeness (QED) is 0.483. The molecule has 2 fully saturated rings. The van der Waals surface area contributed by atoms with Gasteiger partial charge in [0.2, 0.25) is 15.9 Å². The highest BCUT2D eigenvalue weighted by Gasteiger charge is 2.54. The number of fused-ring (bicyclic) bond motifs is 2. The second-order valence-corrected chi connectivity index (χ2v) is 11.3. The van der Waals surface area contributed by atoms with Gasteiger partial charge in [0.05, 0.1) is 12.6 Å². The van der Waals surface area contributed by atoms with Crippen LogP contribution in [0.5, 0.6) is 5.95 Å². The van der Waals surface area contributed by atoms with E-state index in [1.807, 2.05) is 25.1 Å². The van der Waals surface area contributed by atoms with E-state index < -0.39 is 40.1 Å². The maximum absolute atomic E-state index is 13.5. The Bertz CT molecular complexity index is 1490. The van der Waals surface area contributed by atoms with E-state index in [9.17, 15) is 22.8 Å². The number of ketones is 1. The van der Waals surface area contributed by atoms with Gasteiger partial charge in [-0.2, -0.15) is 4.31 Å². The molecule has 2 amide bonds. The van der Waals surface area contributed by atoms with Gasteiger partial charge < -0.3 is 19.4 Å². The molecule has 5 rings (SSSR count). The summed E-state index contributed by atoms with van der Waals surface area (Å²) in [6.07, 6.45) is 3.05. The number of furan rings is 1. The number of rotatable bonds is 7. The fraction of sp³-hybridized carbons (Fsp3) is 0.385. The molecule has 1 aromatic carbocycles. The normalized spacial score (nSPS) is 20.5. The third kappa shape index (κ3) is 4.54. The lowest BCUT2D eigenvalue weighted by atomic mass is 10.1. The van der Waals surface area contributed by atoms with Gasteiger partial charge in [-0.25, -0.2) is 13.2 Å². The maximum atomic E-state index is 13.5. The van der Waals surface area contributed by atoms with E-state index in [0.29, 0.717) is 30.4 Å². The first-order valence-electron chi connectivity index (χ1n) is 12.4. The van der Waals surface area contributed by atoms with Gasteiger partial charge in [0, 0.05) is 29.9 Å². The van der Waals surface area contributed by atoms with Crippen LogP contribution in [0, 0.1) is 6.92 Å². The third-order valence-corrected chi connectivity index (χ3v) is 8.91. The van der Waals surface area contributed by atoms with Crippen molar-refractivity contribution < 1.29 is 32.0 Å². The Morgan fingerprint density at radius 2 is 2.03 bits per heavy atom. The summed E-state index contributed by atoms with van der Waals surface area (Å²) in [5.41, 5.74) is 1.23. The summed E-state index contributed by atoms with van der Waals surface area (Å²) in [6, 6.07) is 7.66. The smallest absolute Gasteiger partial charge is 0.415 e. The molecule has 1 N–H and O–H groups in total. The fourth-order valence-electron chi connectivity index (χ4n) is 5.23. The van der Waals surface area contributed by atoms with Crippen molar-refractivity contribution in [2.24, 2.45) is 0 Å². The van der Waals surface area contributed by atoms with E-state index in [4.69, 9.17) is 9.15 Å². The van der Waals surface area contributed by atoms with Crippen LogP contribution in [0.15, 0.2) is 58.1 Å². The minimum atomic E-state index is -3.96. The van der Waals surface area contributed by atoms with Crippen molar-refractivity contribution in [3.8, 4) is 5.95 Å². The minimum absolute atomic E-state index is 0.00706. The molecule has 2 aromatic heterocycles. The van der Waals surface area contributed by atoms with Crippen LogP contribution in [0.4, 0.5) is 4.79 Å². The van der Waals surface area contributed by atoms with E-state index in [-0.39, 0.29) is 29.7 Å². The lowest BCUT2D eigenvalue weighted by Gasteiger charge is -2.28. The van der Waals surface area contributed by atoms with Gasteiger partial charge in [-0.1, -0.05) is 31.5 Å². The first-order valence-corrected chi connectivity index (χ1v) is 13.9. The van der Waals surface area contributed by atoms with Crippen molar-refractivity contribution >= 4 is 38.8 Å². The number of hydrogen-bond acceptors (Lipinski definition) is 8. The lowest BCUT2D eigenvalue weighted by Crippen LogP contribution is -2.53. The molecule has 12 heteroatoms. The molecule has 3 aromatic rings. The average Bonchev–Trinajstić information content (AvgIpc) is 3.58. The third-order valence-electron chi connectivity index (χ3n) is 7.05. The molecule has 2 saturated heterocycles. The molecular weight excluding hydrogens is 512 g/mol. The molecule has 2 aliphatic heterocycles. The second kappa shape index (κ2) is 10.2. The number of pyridine rings is 1. The number of likely N-dealkylation sites (tertiary alicyclic amines) is 1. The van der Waals surface area contributed by atoms with Crippen molar-refractivity contribution in [2.75, 3.05) is 13.1 Å². The minimum Gasteiger partial charge on any atom is -0.425 e. The first-order chi connectivity index (χ1) is 18.2. The number of nitrogens with zero attached hydrogens (tertiary/aromatic N) is 3. The van der Waals surface area contributed by atoms with E-state index >= 15 is 0 Å². The topological polar surface area (TPSA) is 139 Å². The van der Waals surface area contributed by atoms with Gasteiger partial charge in [-0.15, -0.1) is 0 Å². The predicted molar refractivity (Wildman–Crippen MR) is 136 cm³/mol. The Kier molecular flexibility index (Phi) is 6.93. The van der Waals surface area contributed by atoms with Gasteiger partial charge in [0.15, 0.2) is 5.78 Å². The standard InChI is InChI=1S/C26H28N4O7S/c1-3-7-19(28-26(33)37-25-16(2)18-9-4-5-10-22(18)36-25)24(32)29-13-11-20-23(29)21(31)15-30(20)38(34,35)17-8-6-12-27-14-17/h4-6,8-10,12,14,19-20,23H,3,7,11,13,15H2,1-2H3,(H,28,33). The Balaban J connectivity index is 1.31. The first kappa shape index (κ1) is 25.9. The van der Waals surface area contributed by atoms with Crippen molar-refractivity contribution in [1.82, 2.24) is 19.5 Å². The summed E-state index contributed by atoms with van der Waals surface area (Å²) >= 11 is 0. The van der Waals surface area contributed by atoms with Crippen molar-refractivity contribution in [1.29, 1.82) is 0 Å². The van der Waals surface area contributed by atoms with Crippen LogP contribution >= 0.6 is 0 Å². The van der Waals surface area contributed by atoms with Crippen LogP contribution < -0.4 is 10.1 Å². The number of aryl methyl sites for hydroxylation is 1. The molecule has 11 nitrogen and oxygen atoms in total.